The van der Waals surface area contributed by atoms with Gasteiger partial charge in [-0.25, -0.2) is 8.42 Å². The molecule has 28 heavy (non-hydrogen) atoms. The molecule has 0 radical (unpaired) electrons. The molecule has 1 saturated carbocycles. The minimum Gasteiger partial charge on any atom is -0.273 e. The summed E-state index contributed by atoms with van der Waals surface area (Å²) in [5, 5.41) is 0. The van der Waals surface area contributed by atoms with Crippen molar-refractivity contribution in [2.75, 3.05) is 13.1 Å². The Labute approximate surface area is 166 Å². The molecule has 0 bridgehead atoms. The second-order valence-electron chi connectivity index (χ2n) is 7.89. The van der Waals surface area contributed by atoms with E-state index in [0.717, 1.165) is 44.9 Å². The van der Waals surface area contributed by atoms with E-state index in [4.69, 9.17) is 0 Å². The molecule has 1 aromatic carbocycles. The van der Waals surface area contributed by atoms with Crippen molar-refractivity contribution in [3.8, 4) is 0 Å². The topological polar surface area (TPSA) is 95.6 Å². The predicted molar refractivity (Wildman–Crippen MR) is 106 cm³/mol. The van der Waals surface area contributed by atoms with E-state index in [1.165, 1.54) is 28.6 Å². The Balaban J connectivity index is 1.57. The number of nitrogens with zero attached hydrogens (tertiary/aromatic N) is 1. The number of sulfonamides is 1. The van der Waals surface area contributed by atoms with Crippen LogP contribution in [0.3, 0.4) is 0 Å². The molecule has 1 saturated heterocycles. The predicted octanol–water partition coefficient (Wildman–Crippen LogP) is 2.45. The fraction of sp³-hybridized carbons (Fsp3) is 0.600. The van der Waals surface area contributed by atoms with Crippen molar-refractivity contribution in [1.82, 2.24) is 15.2 Å². The maximum atomic E-state index is 12.7. The normalized spacial score (nSPS) is 19.9. The third-order valence-electron chi connectivity index (χ3n) is 5.77. The van der Waals surface area contributed by atoms with E-state index in [2.05, 4.69) is 17.8 Å². The van der Waals surface area contributed by atoms with Crippen LogP contribution in [0.15, 0.2) is 29.2 Å². The summed E-state index contributed by atoms with van der Waals surface area (Å²) in [7, 11) is -3.54. The molecule has 1 aliphatic carbocycles. The van der Waals surface area contributed by atoms with Gasteiger partial charge >= 0.3 is 0 Å². The largest absolute Gasteiger partial charge is 0.273 e. The van der Waals surface area contributed by atoms with Gasteiger partial charge in [-0.3, -0.25) is 20.4 Å². The van der Waals surface area contributed by atoms with Crippen LogP contribution >= 0.6 is 0 Å². The molecule has 0 unspecified atom stereocenters. The minimum atomic E-state index is -3.54. The first-order valence-electron chi connectivity index (χ1n) is 10.1. The highest BCUT2D eigenvalue weighted by atomic mass is 32.2. The summed E-state index contributed by atoms with van der Waals surface area (Å²) in [5.41, 5.74) is 5.21. The average molecular weight is 408 g/mol. The molecule has 0 spiro atoms. The molecular weight excluding hydrogens is 378 g/mol. The summed E-state index contributed by atoms with van der Waals surface area (Å²) in [6.45, 7) is 3.18. The molecule has 1 aromatic rings. The molecular formula is C20H29N3O4S. The van der Waals surface area contributed by atoms with Gasteiger partial charge in [-0.2, -0.15) is 4.31 Å². The van der Waals surface area contributed by atoms with Gasteiger partial charge in [-0.1, -0.05) is 26.2 Å². The van der Waals surface area contributed by atoms with Crippen molar-refractivity contribution in [2.24, 2.45) is 11.8 Å². The first-order chi connectivity index (χ1) is 13.4. The summed E-state index contributed by atoms with van der Waals surface area (Å²) >= 11 is 0. The molecule has 2 N–H and O–H groups in total. The van der Waals surface area contributed by atoms with Crippen molar-refractivity contribution < 1.29 is 18.0 Å². The standard InChI is InChI=1S/C20H29N3O4S/c1-15-11-13-23(14-12-15)28(26,27)18-9-7-17(8-10-18)20(25)22-21-19(24)16-5-3-2-4-6-16/h7-10,15-16H,2-6,11-14H2,1H3,(H,21,24)(H,22,25). The fourth-order valence-electron chi connectivity index (χ4n) is 3.81. The summed E-state index contributed by atoms with van der Waals surface area (Å²) in [4.78, 5) is 24.5. The number of piperidine rings is 1. The van der Waals surface area contributed by atoms with Crippen LogP contribution in [0.5, 0.6) is 0 Å². The average Bonchev–Trinajstić information content (AvgIpc) is 2.73. The smallest absolute Gasteiger partial charge is 0.269 e. The van der Waals surface area contributed by atoms with E-state index >= 15 is 0 Å². The molecule has 1 heterocycles. The van der Waals surface area contributed by atoms with Crippen LogP contribution in [0.25, 0.3) is 0 Å². The van der Waals surface area contributed by atoms with Crippen LogP contribution in [0.4, 0.5) is 0 Å². The summed E-state index contributed by atoms with van der Waals surface area (Å²) in [6, 6.07) is 5.85. The lowest BCUT2D eigenvalue weighted by Gasteiger charge is -2.29. The molecule has 3 rings (SSSR count). The van der Waals surface area contributed by atoms with E-state index in [1.807, 2.05) is 0 Å². The Morgan fingerprint density at radius 3 is 2.14 bits per heavy atom. The zero-order valence-corrected chi connectivity index (χ0v) is 17.1. The van der Waals surface area contributed by atoms with Crippen LogP contribution < -0.4 is 10.9 Å². The highest BCUT2D eigenvalue weighted by Gasteiger charge is 2.28. The van der Waals surface area contributed by atoms with Gasteiger partial charge in [0, 0.05) is 24.6 Å². The Kier molecular flexibility index (Phi) is 6.72. The first-order valence-corrected chi connectivity index (χ1v) is 11.5. The molecule has 0 atom stereocenters. The highest BCUT2D eigenvalue weighted by molar-refractivity contribution is 7.89. The SMILES string of the molecule is CC1CCN(S(=O)(=O)c2ccc(C(=O)NNC(=O)C3CCCCC3)cc2)CC1. The number of hydrazine groups is 1. The summed E-state index contributed by atoms with van der Waals surface area (Å²) in [5.74, 6) is -0.123. The van der Waals surface area contributed by atoms with Gasteiger partial charge in [-0.15, -0.1) is 0 Å². The number of rotatable bonds is 4. The summed E-state index contributed by atoms with van der Waals surface area (Å²) in [6.07, 6.45) is 6.66. The lowest BCUT2D eigenvalue weighted by Crippen LogP contribution is -2.45. The lowest BCUT2D eigenvalue weighted by atomic mass is 9.89. The first kappa shape index (κ1) is 20.8. The number of carbonyl (C=O) groups is 2. The zero-order valence-electron chi connectivity index (χ0n) is 16.3. The van der Waals surface area contributed by atoms with Crippen LogP contribution in [0.1, 0.15) is 62.2 Å². The van der Waals surface area contributed by atoms with Crippen LogP contribution in [0, 0.1) is 11.8 Å². The zero-order chi connectivity index (χ0) is 20.1. The van der Waals surface area contributed by atoms with Gasteiger partial charge in [-0.05, 0) is 55.9 Å². The van der Waals surface area contributed by atoms with E-state index in [-0.39, 0.29) is 16.7 Å². The monoisotopic (exact) mass is 407 g/mol. The van der Waals surface area contributed by atoms with Crippen LogP contribution in [-0.2, 0) is 14.8 Å². The number of hydrogen-bond acceptors (Lipinski definition) is 4. The Morgan fingerprint density at radius 1 is 0.929 bits per heavy atom. The lowest BCUT2D eigenvalue weighted by molar-refractivity contribution is -0.126. The Morgan fingerprint density at radius 2 is 1.54 bits per heavy atom. The molecule has 0 aromatic heterocycles. The molecule has 2 aliphatic rings. The number of nitrogens with one attached hydrogen (secondary N) is 2. The van der Waals surface area contributed by atoms with Crippen molar-refractivity contribution in [1.29, 1.82) is 0 Å². The maximum Gasteiger partial charge on any atom is 0.269 e. The van der Waals surface area contributed by atoms with Crippen molar-refractivity contribution in [3.05, 3.63) is 29.8 Å². The van der Waals surface area contributed by atoms with Crippen molar-refractivity contribution in [3.63, 3.8) is 0 Å². The number of hydrogen-bond donors (Lipinski definition) is 2. The van der Waals surface area contributed by atoms with Gasteiger partial charge in [0.2, 0.25) is 15.9 Å². The maximum absolute atomic E-state index is 12.7. The van der Waals surface area contributed by atoms with Gasteiger partial charge in [0.15, 0.2) is 0 Å². The van der Waals surface area contributed by atoms with Gasteiger partial charge in [0.05, 0.1) is 4.90 Å². The Hall–Kier alpha value is -1.93. The second kappa shape index (κ2) is 9.05. The molecule has 1 aliphatic heterocycles. The number of carbonyl (C=O) groups excluding carboxylic acids is 2. The van der Waals surface area contributed by atoms with E-state index in [1.54, 1.807) is 0 Å². The highest BCUT2D eigenvalue weighted by Crippen LogP contribution is 2.24. The van der Waals surface area contributed by atoms with Crippen molar-refractivity contribution >= 4 is 21.8 Å². The molecule has 2 amide bonds. The number of amides is 2. The minimum absolute atomic E-state index is 0.0474. The van der Waals surface area contributed by atoms with Crippen LogP contribution in [-0.4, -0.2) is 37.6 Å². The van der Waals surface area contributed by atoms with E-state index in [0.29, 0.717) is 24.6 Å². The third kappa shape index (κ3) is 4.91. The van der Waals surface area contributed by atoms with E-state index < -0.39 is 15.9 Å². The summed E-state index contributed by atoms with van der Waals surface area (Å²) < 4.78 is 27.0. The fourth-order valence-corrected chi connectivity index (χ4v) is 5.28. The molecule has 2 fully saturated rings. The molecule has 154 valence electrons. The quantitative estimate of drug-likeness (QED) is 0.750. The van der Waals surface area contributed by atoms with E-state index in [9.17, 15) is 18.0 Å². The Bertz CT molecular complexity index is 793. The van der Waals surface area contributed by atoms with Crippen molar-refractivity contribution in [2.45, 2.75) is 56.8 Å². The third-order valence-corrected chi connectivity index (χ3v) is 7.68. The van der Waals surface area contributed by atoms with Gasteiger partial charge in [0.1, 0.15) is 0 Å². The molecule has 7 nitrogen and oxygen atoms in total. The number of benzene rings is 1. The molecule has 8 heteroatoms. The van der Waals surface area contributed by atoms with Gasteiger partial charge < -0.3 is 0 Å². The second-order valence-corrected chi connectivity index (χ2v) is 9.83. The van der Waals surface area contributed by atoms with Crippen LogP contribution in [0.2, 0.25) is 0 Å². The van der Waals surface area contributed by atoms with Gasteiger partial charge in [0.25, 0.3) is 5.91 Å².